The van der Waals surface area contributed by atoms with Gasteiger partial charge in [-0.25, -0.2) is 0 Å². The number of hydrogen-bond acceptors (Lipinski definition) is 2. The maximum Gasteiger partial charge on any atom is 0.119 e. The van der Waals surface area contributed by atoms with Crippen LogP contribution in [0.1, 0.15) is 17.5 Å². The third kappa shape index (κ3) is 2.01. The van der Waals surface area contributed by atoms with Gasteiger partial charge in [0.2, 0.25) is 0 Å². The Morgan fingerprint density at radius 3 is 2.30 bits per heavy atom. The summed E-state index contributed by atoms with van der Waals surface area (Å²) >= 11 is 0. The molecule has 0 heterocycles. The largest absolute Gasteiger partial charge is 0.497 e. The summed E-state index contributed by atoms with van der Waals surface area (Å²) in [7, 11) is 6.05. The minimum atomic E-state index is 0.110. The Bertz CT molecular complexity index is 593. The molecule has 2 heteroatoms. The molecule has 1 saturated carbocycles. The van der Waals surface area contributed by atoms with Gasteiger partial charge in [-0.2, -0.15) is 0 Å². The van der Waals surface area contributed by atoms with Crippen LogP contribution in [0.15, 0.2) is 54.6 Å². The molecule has 2 unspecified atom stereocenters. The highest BCUT2D eigenvalue weighted by molar-refractivity contribution is 5.51. The molecular formula is C18H21NO. The van der Waals surface area contributed by atoms with Crippen molar-refractivity contribution in [2.24, 2.45) is 0 Å². The van der Waals surface area contributed by atoms with Crippen LogP contribution in [0.4, 0.5) is 0 Å². The van der Waals surface area contributed by atoms with Crippen molar-refractivity contribution in [1.82, 2.24) is 4.90 Å². The van der Waals surface area contributed by atoms with Crippen LogP contribution in [-0.2, 0) is 5.41 Å². The van der Waals surface area contributed by atoms with E-state index >= 15 is 0 Å². The normalized spacial score (nSPS) is 24.7. The number of ether oxygens (including phenoxy) is 1. The van der Waals surface area contributed by atoms with Gasteiger partial charge in [-0.15, -0.1) is 0 Å². The van der Waals surface area contributed by atoms with Crippen LogP contribution < -0.4 is 4.74 Å². The highest BCUT2D eigenvalue weighted by atomic mass is 16.5. The van der Waals surface area contributed by atoms with E-state index in [1.165, 1.54) is 11.1 Å². The van der Waals surface area contributed by atoms with Gasteiger partial charge in [-0.3, -0.25) is 0 Å². The molecule has 3 rings (SSSR count). The zero-order valence-electron chi connectivity index (χ0n) is 12.3. The second kappa shape index (κ2) is 4.95. The Morgan fingerprint density at radius 2 is 1.70 bits per heavy atom. The lowest BCUT2D eigenvalue weighted by Crippen LogP contribution is -2.25. The summed E-state index contributed by atoms with van der Waals surface area (Å²) in [5, 5.41) is 0. The van der Waals surface area contributed by atoms with Crippen molar-refractivity contribution in [3.8, 4) is 5.75 Å². The molecule has 0 spiro atoms. The van der Waals surface area contributed by atoms with Gasteiger partial charge in [0, 0.05) is 11.5 Å². The minimum Gasteiger partial charge on any atom is -0.497 e. The Hall–Kier alpha value is -1.80. The van der Waals surface area contributed by atoms with Gasteiger partial charge in [0.25, 0.3) is 0 Å². The summed E-state index contributed by atoms with van der Waals surface area (Å²) in [4.78, 5) is 2.33. The summed E-state index contributed by atoms with van der Waals surface area (Å²) in [5.41, 5.74) is 2.85. The maximum atomic E-state index is 5.40. The molecule has 0 amide bonds. The van der Waals surface area contributed by atoms with Gasteiger partial charge >= 0.3 is 0 Å². The van der Waals surface area contributed by atoms with Crippen LogP contribution in [0.2, 0.25) is 0 Å². The lowest BCUT2D eigenvalue weighted by Gasteiger charge is -2.22. The Balaban J connectivity index is 2.08. The second-order valence-corrected chi connectivity index (χ2v) is 5.75. The Kier molecular flexibility index (Phi) is 3.27. The number of rotatable bonds is 4. The number of likely N-dealkylation sites (N-methyl/N-ethyl adjacent to an activating group) is 1. The van der Waals surface area contributed by atoms with Crippen molar-refractivity contribution in [3.63, 3.8) is 0 Å². The highest BCUT2D eigenvalue weighted by Gasteiger charge is 2.57. The molecule has 0 N–H and O–H groups in total. The van der Waals surface area contributed by atoms with Crippen LogP contribution in [0.5, 0.6) is 5.75 Å². The van der Waals surface area contributed by atoms with Crippen LogP contribution in [-0.4, -0.2) is 32.1 Å². The number of hydrogen-bond donors (Lipinski definition) is 0. The van der Waals surface area contributed by atoms with Crippen molar-refractivity contribution < 1.29 is 4.74 Å². The monoisotopic (exact) mass is 267 g/mol. The fraction of sp³-hybridized carbons (Fsp3) is 0.333. The molecule has 20 heavy (non-hydrogen) atoms. The zero-order valence-corrected chi connectivity index (χ0v) is 12.3. The summed E-state index contributed by atoms with van der Waals surface area (Å²) in [6.07, 6.45) is 1.16. The van der Waals surface area contributed by atoms with Gasteiger partial charge in [0.05, 0.1) is 7.11 Å². The minimum absolute atomic E-state index is 0.110. The maximum absolute atomic E-state index is 5.40. The SMILES string of the molecule is COc1cccc(C2(c3ccccc3)CC2N(C)C)c1. The first-order chi connectivity index (χ1) is 9.68. The average Bonchev–Trinajstić information content (AvgIpc) is 3.25. The van der Waals surface area contributed by atoms with E-state index < -0.39 is 0 Å². The highest BCUT2D eigenvalue weighted by Crippen LogP contribution is 2.56. The molecule has 0 aromatic heterocycles. The van der Waals surface area contributed by atoms with Crippen LogP contribution in [0.25, 0.3) is 0 Å². The lowest BCUT2D eigenvalue weighted by atomic mass is 9.87. The molecule has 0 saturated heterocycles. The number of benzene rings is 2. The summed E-state index contributed by atoms with van der Waals surface area (Å²) in [6.45, 7) is 0. The summed E-state index contributed by atoms with van der Waals surface area (Å²) < 4.78 is 5.40. The second-order valence-electron chi connectivity index (χ2n) is 5.75. The first-order valence-corrected chi connectivity index (χ1v) is 7.05. The topological polar surface area (TPSA) is 12.5 Å². The van der Waals surface area contributed by atoms with E-state index in [-0.39, 0.29) is 5.41 Å². The average molecular weight is 267 g/mol. The van der Waals surface area contributed by atoms with Crippen molar-refractivity contribution in [3.05, 3.63) is 65.7 Å². The van der Waals surface area contributed by atoms with E-state index in [4.69, 9.17) is 4.74 Å². The van der Waals surface area contributed by atoms with Gasteiger partial charge in [0.1, 0.15) is 5.75 Å². The molecule has 1 fully saturated rings. The Morgan fingerprint density at radius 1 is 1.00 bits per heavy atom. The predicted octanol–water partition coefficient (Wildman–Crippen LogP) is 3.32. The molecule has 0 aliphatic heterocycles. The molecule has 1 aliphatic carbocycles. The van der Waals surface area contributed by atoms with Crippen molar-refractivity contribution in [1.29, 1.82) is 0 Å². The number of nitrogens with zero attached hydrogens (tertiary/aromatic N) is 1. The van der Waals surface area contributed by atoms with Crippen molar-refractivity contribution in [2.45, 2.75) is 17.9 Å². The first-order valence-electron chi connectivity index (χ1n) is 7.05. The standard InChI is InChI=1S/C18H21NO/c1-19(2)17-13-18(17,14-8-5-4-6-9-14)15-10-7-11-16(12-15)20-3/h4-12,17H,13H2,1-3H3. The van der Waals surface area contributed by atoms with E-state index in [0.717, 1.165) is 12.2 Å². The molecule has 0 radical (unpaired) electrons. The van der Waals surface area contributed by atoms with Crippen LogP contribution in [0.3, 0.4) is 0 Å². The van der Waals surface area contributed by atoms with Crippen molar-refractivity contribution in [2.75, 3.05) is 21.2 Å². The molecule has 1 aliphatic rings. The third-order valence-electron chi connectivity index (χ3n) is 4.42. The van der Waals surface area contributed by atoms with Gasteiger partial charge in [0.15, 0.2) is 0 Å². The van der Waals surface area contributed by atoms with E-state index in [1.807, 2.05) is 6.07 Å². The summed E-state index contributed by atoms with van der Waals surface area (Å²) in [5.74, 6) is 0.933. The van der Waals surface area contributed by atoms with Gasteiger partial charge < -0.3 is 9.64 Å². The van der Waals surface area contributed by atoms with E-state index in [9.17, 15) is 0 Å². The Labute approximate surface area is 121 Å². The molecule has 2 aromatic rings. The van der Waals surface area contributed by atoms with E-state index in [0.29, 0.717) is 6.04 Å². The molecule has 0 bridgehead atoms. The summed E-state index contributed by atoms with van der Waals surface area (Å²) in [6, 6.07) is 19.9. The smallest absolute Gasteiger partial charge is 0.119 e. The molecule has 104 valence electrons. The molecule has 2 nitrogen and oxygen atoms in total. The van der Waals surface area contributed by atoms with Crippen LogP contribution >= 0.6 is 0 Å². The zero-order chi connectivity index (χ0) is 14.2. The van der Waals surface area contributed by atoms with E-state index in [1.54, 1.807) is 7.11 Å². The predicted molar refractivity (Wildman–Crippen MR) is 82.3 cm³/mol. The first kappa shape index (κ1) is 13.2. The molecule has 2 atom stereocenters. The van der Waals surface area contributed by atoms with E-state index in [2.05, 4.69) is 67.5 Å². The quantitative estimate of drug-likeness (QED) is 0.842. The fourth-order valence-electron chi connectivity index (χ4n) is 3.29. The van der Waals surface area contributed by atoms with Gasteiger partial charge in [-0.05, 0) is 43.8 Å². The molecular weight excluding hydrogens is 246 g/mol. The third-order valence-corrected chi connectivity index (χ3v) is 4.42. The van der Waals surface area contributed by atoms with Crippen LogP contribution in [0, 0.1) is 0 Å². The van der Waals surface area contributed by atoms with Gasteiger partial charge in [-0.1, -0.05) is 42.5 Å². The van der Waals surface area contributed by atoms with Crippen molar-refractivity contribution >= 4 is 0 Å². The molecule has 2 aromatic carbocycles. The lowest BCUT2D eigenvalue weighted by molar-refractivity contribution is 0.373. The number of methoxy groups -OCH3 is 1. The fourth-order valence-corrected chi connectivity index (χ4v) is 3.29.